The third-order valence-corrected chi connectivity index (χ3v) is 3.71. The Kier molecular flexibility index (Phi) is 10.2. The summed E-state index contributed by atoms with van der Waals surface area (Å²) in [5.74, 6) is -0.330. The number of benzene rings is 2. The Morgan fingerprint density at radius 2 is 1.78 bits per heavy atom. The topological polar surface area (TPSA) is 39.7 Å². The summed E-state index contributed by atoms with van der Waals surface area (Å²) in [4.78, 5) is 6.65. The van der Waals surface area contributed by atoms with E-state index in [2.05, 4.69) is 32.7 Å². The maximum Gasteiger partial charge on any atom is 0.191 e. The Labute approximate surface area is 177 Å². The van der Waals surface area contributed by atoms with Gasteiger partial charge in [-0.2, -0.15) is 0 Å². The summed E-state index contributed by atoms with van der Waals surface area (Å²) in [6.45, 7) is 4.17. The Morgan fingerprint density at radius 1 is 1.04 bits per heavy atom. The van der Waals surface area contributed by atoms with Crippen molar-refractivity contribution in [1.29, 1.82) is 0 Å². The fourth-order valence-corrected chi connectivity index (χ4v) is 2.56. The molecule has 7 heteroatoms. The summed E-state index contributed by atoms with van der Waals surface area (Å²) in [6.07, 6.45) is 0. The molecule has 2 aromatic rings. The zero-order valence-corrected chi connectivity index (χ0v) is 18.3. The van der Waals surface area contributed by atoms with Gasteiger partial charge in [0.25, 0.3) is 0 Å². The Hall–Kier alpha value is -1.74. The van der Waals surface area contributed by atoms with Crippen molar-refractivity contribution in [3.63, 3.8) is 0 Å². The predicted molar refractivity (Wildman–Crippen MR) is 117 cm³/mol. The lowest BCUT2D eigenvalue weighted by Crippen LogP contribution is -2.37. The van der Waals surface area contributed by atoms with E-state index in [0.717, 1.165) is 24.2 Å². The van der Waals surface area contributed by atoms with Gasteiger partial charge < -0.3 is 15.5 Å². The van der Waals surface area contributed by atoms with Gasteiger partial charge in [-0.15, -0.1) is 24.0 Å². The number of hydrogen-bond donors (Lipinski definition) is 2. The van der Waals surface area contributed by atoms with E-state index in [1.54, 1.807) is 0 Å². The first-order valence-electron chi connectivity index (χ1n) is 8.66. The van der Waals surface area contributed by atoms with Crippen LogP contribution in [0.4, 0.5) is 8.78 Å². The molecule has 0 saturated carbocycles. The van der Waals surface area contributed by atoms with Crippen LogP contribution < -0.4 is 10.6 Å². The summed E-state index contributed by atoms with van der Waals surface area (Å²) in [7, 11) is 4.06. The van der Waals surface area contributed by atoms with E-state index in [0.29, 0.717) is 19.0 Å². The van der Waals surface area contributed by atoms with Crippen molar-refractivity contribution in [2.24, 2.45) is 4.99 Å². The van der Waals surface area contributed by atoms with Gasteiger partial charge in [0, 0.05) is 25.2 Å². The van der Waals surface area contributed by atoms with Crippen LogP contribution in [0.5, 0.6) is 0 Å². The molecule has 27 heavy (non-hydrogen) atoms. The Bertz CT molecular complexity index is 751. The quantitative estimate of drug-likeness (QED) is 0.353. The molecule has 0 saturated heterocycles. The maximum absolute atomic E-state index is 13.7. The Balaban J connectivity index is 0.00000364. The van der Waals surface area contributed by atoms with Gasteiger partial charge in [-0.05, 0) is 50.3 Å². The first kappa shape index (κ1) is 23.3. The molecule has 0 aliphatic heterocycles. The van der Waals surface area contributed by atoms with E-state index in [1.807, 2.05) is 33.2 Å². The van der Waals surface area contributed by atoms with Gasteiger partial charge >= 0.3 is 0 Å². The van der Waals surface area contributed by atoms with Gasteiger partial charge in [0.15, 0.2) is 5.96 Å². The minimum absolute atomic E-state index is 0. The second-order valence-electron chi connectivity index (χ2n) is 6.34. The molecule has 148 valence electrons. The molecule has 2 rings (SSSR count). The van der Waals surface area contributed by atoms with Crippen LogP contribution in [-0.4, -0.2) is 31.5 Å². The summed E-state index contributed by atoms with van der Waals surface area (Å²) in [5, 5.41) is 6.16. The molecule has 0 spiro atoms. The smallest absolute Gasteiger partial charge is 0.191 e. The molecule has 0 aliphatic carbocycles. The van der Waals surface area contributed by atoms with E-state index >= 15 is 0 Å². The monoisotopic (exact) mass is 488 g/mol. The third-order valence-electron chi connectivity index (χ3n) is 3.71. The lowest BCUT2D eigenvalue weighted by Gasteiger charge is -2.13. The van der Waals surface area contributed by atoms with E-state index in [1.165, 1.54) is 11.6 Å². The number of aliphatic imine (C=N–C) groups is 1. The summed E-state index contributed by atoms with van der Waals surface area (Å²) < 4.78 is 27.0. The molecular weight excluding hydrogens is 461 g/mol. The highest BCUT2D eigenvalue weighted by Crippen LogP contribution is 2.10. The normalized spacial score (nSPS) is 11.3. The number of guanidine groups is 1. The van der Waals surface area contributed by atoms with Crippen molar-refractivity contribution in [2.75, 3.05) is 20.6 Å². The van der Waals surface area contributed by atoms with Crippen LogP contribution in [0, 0.1) is 11.6 Å². The van der Waals surface area contributed by atoms with Crippen molar-refractivity contribution >= 4 is 29.9 Å². The van der Waals surface area contributed by atoms with Crippen LogP contribution in [0.25, 0.3) is 0 Å². The molecule has 0 aromatic heterocycles. The minimum Gasteiger partial charge on any atom is -0.357 e. The molecule has 4 nitrogen and oxygen atoms in total. The second kappa shape index (κ2) is 11.9. The number of rotatable bonds is 7. The number of hydrogen-bond acceptors (Lipinski definition) is 2. The molecule has 2 aromatic carbocycles. The van der Waals surface area contributed by atoms with Crippen LogP contribution in [0.3, 0.4) is 0 Å². The molecule has 0 aliphatic rings. The van der Waals surface area contributed by atoms with E-state index in [4.69, 9.17) is 0 Å². The van der Waals surface area contributed by atoms with E-state index in [9.17, 15) is 8.78 Å². The average Bonchev–Trinajstić information content (AvgIpc) is 2.60. The second-order valence-corrected chi connectivity index (χ2v) is 6.34. The van der Waals surface area contributed by atoms with Gasteiger partial charge in [0.1, 0.15) is 11.6 Å². The van der Waals surface area contributed by atoms with Crippen LogP contribution >= 0.6 is 24.0 Å². The van der Waals surface area contributed by atoms with Gasteiger partial charge in [-0.25, -0.2) is 13.8 Å². The molecular formula is C20H27F2IN4. The maximum atomic E-state index is 13.7. The zero-order chi connectivity index (χ0) is 18.9. The van der Waals surface area contributed by atoms with Gasteiger partial charge in [0.05, 0.1) is 6.54 Å². The lowest BCUT2D eigenvalue weighted by atomic mass is 10.1. The van der Waals surface area contributed by atoms with Crippen LogP contribution in [0.2, 0.25) is 0 Å². The largest absolute Gasteiger partial charge is 0.357 e. The Morgan fingerprint density at radius 3 is 2.48 bits per heavy atom. The molecule has 2 N–H and O–H groups in total. The average molecular weight is 488 g/mol. The number of halogens is 3. The summed E-state index contributed by atoms with van der Waals surface area (Å²) in [5.41, 5.74) is 2.59. The third kappa shape index (κ3) is 8.21. The fourth-order valence-electron chi connectivity index (χ4n) is 2.56. The molecule has 0 fully saturated rings. The van der Waals surface area contributed by atoms with Crippen molar-refractivity contribution in [1.82, 2.24) is 15.5 Å². The van der Waals surface area contributed by atoms with E-state index < -0.39 is 11.6 Å². The van der Waals surface area contributed by atoms with Crippen molar-refractivity contribution in [3.8, 4) is 0 Å². The molecule has 0 atom stereocenters. The van der Waals surface area contributed by atoms with Crippen LogP contribution in [0.15, 0.2) is 47.5 Å². The van der Waals surface area contributed by atoms with Crippen molar-refractivity contribution < 1.29 is 8.78 Å². The molecule has 0 heterocycles. The van der Waals surface area contributed by atoms with Crippen molar-refractivity contribution in [2.45, 2.75) is 26.6 Å². The minimum atomic E-state index is -0.456. The lowest BCUT2D eigenvalue weighted by molar-refractivity contribution is 0.402. The van der Waals surface area contributed by atoms with Crippen LogP contribution in [0.1, 0.15) is 23.6 Å². The molecule has 0 radical (unpaired) electrons. The predicted octanol–water partition coefficient (Wildman–Crippen LogP) is 3.90. The molecule has 0 bridgehead atoms. The van der Waals surface area contributed by atoms with Crippen LogP contribution in [-0.2, 0) is 19.6 Å². The molecule has 0 amide bonds. The number of nitrogens with one attached hydrogen (secondary N) is 2. The number of nitrogens with zero attached hydrogens (tertiary/aromatic N) is 2. The van der Waals surface area contributed by atoms with E-state index in [-0.39, 0.29) is 36.1 Å². The van der Waals surface area contributed by atoms with Gasteiger partial charge in [-0.3, -0.25) is 0 Å². The standard InChI is InChI=1S/C20H26F2N4.HI/c1-4-23-20(25-13-17-11-18(21)8-9-19(17)22)24-12-15-6-5-7-16(10-15)14-26(2)3;/h5-11H,4,12-14H2,1-3H3,(H2,23,24,25);1H. The SMILES string of the molecule is CCNC(=NCc1cccc(CN(C)C)c1)NCc1cc(F)ccc1F.I. The first-order valence-corrected chi connectivity index (χ1v) is 8.66. The van der Waals surface area contributed by atoms with Gasteiger partial charge in [0.2, 0.25) is 0 Å². The fraction of sp³-hybridized carbons (Fsp3) is 0.350. The highest BCUT2D eigenvalue weighted by Gasteiger charge is 2.05. The summed E-state index contributed by atoms with van der Waals surface area (Å²) >= 11 is 0. The van der Waals surface area contributed by atoms with Gasteiger partial charge in [-0.1, -0.05) is 24.3 Å². The summed E-state index contributed by atoms with van der Waals surface area (Å²) in [6, 6.07) is 11.7. The molecule has 0 unspecified atom stereocenters. The first-order chi connectivity index (χ1) is 12.5. The zero-order valence-electron chi connectivity index (χ0n) is 15.9. The van der Waals surface area contributed by atoms with Crippen molar-refractivity contribution in [3.05, 3.63) is 70.8 Å². The highest BCUT2D eigenvalue weighted by molar-refractivity contribution is 14.0. The highest BCUT2D eigenvalue weighted by atomic mass is 127.